The van der Waals surface area contributed by atoms with E-state index >= 15 is 0 Å². The summed E-state index contributed by atoms with van der Waals surface area (Å²) in [5.41, 5.74) is 6.97. The van der Waals surface area contributed by atoms with Crippen molar-refractivity contribution in [3.8, 4) is 0 Å². The molecule has 0 unspecified atom stereocenters. The standard InChI is InChI=1S/2C15H22O2/c2*1-9(2)13-8-14-11(4)5-6-12(14)10(3)7-15(13,16)17-14/h2*7,11-12,16H,5-6,8H2,1-4H3/t2*11-,12-,14-,15+/m00/s1. The molecule has 188 valence electrons. The number of fused-ring (bicyclic) bond motifs is 2. The molecule has 2 N–H and O–H groups in total. The van der Waals surface area contributed by atoms with Gasteiger partial charge in [0.05, 0.1) is 11.2 Å². The molecule has 2 saturated heterocycles. The van der Waals surface area contributed by atoms with Gasteiger partial charge < -0.3 is 19.7 Å². The van der Waals surface area contributed by atoms with Gasteiger partial charge in [-0.3, -0.25) is 0 Å². The van der Waals surface area contributed by atoms with Crippen LogP contribution in [0.3, 0.4) is 0 Å². The third-order valence-corrected chi connectivity index (χ3v) is 10.2. The van der Waals surface area contributed by atoms with Crippen LogP contribution in [0.5, 0.6) is 0 Å². The highest BCUT2D eigenvalue weighted by atomic mass is 16.7. The summed E-state index contributed by atoms with van der Waals surface area (Å²) >= 11 is 0. The minimum atomic E-state index is -1.11. The zero-order valence-electron chi connectivity index (χ0n) is 22.4. The van der Waals surface area contributed by atoms with E-state index in [1.54, 1.807) is 0 Å². The Morgan fingerprint density at radius 1 is 0.706 bits per heavy atom. The minimum Gasteiger partial charge on any atom is -0.359 e. The molecule has 6 rings (SSSR count). The zero-order chi connectivity index (χ0) is 24.8. The molecule has 4 heteroatoms. The fourth-order valence-electron chi connectivity index (χ4n) is 8.36. The largest absolute Gasteiger partial charge is 0.359 e. The van der Waals surface area contributed by atoms with Crippen molar-refractivity contribution in [1.29, 1.82) is 0 Å². The Morgan fingerprint density at radius 2 is 1.06 bits per heavy atom. The Kier molecular flexibility index (Phi) is 5.51. The van der Waals surface area contributed by atoms with Crippen molar-refractivity contribution in [1.82, 2.24) is 0 Å². The predicted octanol–water partition coefficient (Wildman–Crippen LogP) is 6.35. The van der Waals surface area contributed by atoms with Crippen molar-refractivity contribution in [3.63, 3.8) is 0 Å². The first-order valence-electron chi connectivity index (χ1n) is 13.4. The van der Waals surface area contributed by atoms with Crippen LogP contribution in [0.15, 0.2) is 45.6 Å². The van der Waals surface area contributed by atoms with Gasteiger partial charge in [0.2, 0.25) is 11.6 Å². The highest BCUT2D eigenvalue weighted by Crippen LogP contribution is 2.62. The molecule has 4 heterocycles. The molecule has 2 spiro atoms. The van der Waals surface area contributed by atoms with Crippen LogP contribution < -0.4 is 0 Å². The van der Waals surface area contributed by atoms with E-state index in [0.717, 1.165) is 24.0 Å². The van der Waals surface area contributed by atoms with Crippen molar-refractivity contribution in [3.05, 3.63) is 45.6 Å². The van der Waals surface area contributed by atoms with Gasteiger partial charge in [-0.15, -0.1) is 0 Å². The van der Waals surface area contributed by atoms with E-state index < -0.39 is 11.6 Å². The molecule has 2 saturated carbocycles. The summed E-state index contributed by atoms with van der Waals surface area (Å²) in [4.78, 5) is 0. The lowest BCUT2D eigenvalue weighted by Gasteiger charge is -2.40. The number of rotatable bonds is 0. The predicted molar refractivity (Wildman–Crippen MR) is 135 cm³/mol. The average Bonchev–Trinajstić information content (AvgIpc) is 3.38. The molecule has 0 amide bonds. The summed E-state index contributed by atoms with van der Waals surface area (Å²) in [5, 5.41) is 21.5. The maximum atomic E-state index is 10.7. The van der Waals surface area contributed by atoms with Crippen LogP contribution in [-0.2, 0) is 9.47 Å². The first kappa shape index (κ1) is 24.5. The third kappa shape index (κ3) is 3.18. The van der Waals surface area contributed by atoms with Crippen LogP contribution in [-0.4, -0.2) is 33.0 Å². The average molecular weight is 469 g/mol. The molecule has 2 aliphatic carbocycles. The molecule has 4 fully saturated rings. The lowest BCUT2D eigenvalue weighted by molar-refractivity contribution is -0.209. The molecule has 4 nitrogen and oxygen atoms in total. The molecule has 4 bridgehead atoms. The number of hydrogen-bond donors (Lipinski definition) is 2. The summed E-state index contributed by atoms with van der Waals surface area (Å²) in [6.45, 7) is 17.1. The van der Waals surface area contributed by atoms with Crippen LogP contribution in [0.2, 0.25) is 0 Å². The fourth-order valence-corrected chi connectivity index (χ4v) is 8.36. The van der Waals surface area contributed by atoms with Gasteiger partial charge in [-0.2, -0.15) is 0 Å². The number of aliphatic hydroxyl groups is 2. The van der Waals surface area contributed by atoms with Gasteiger partial charge in [0.1, 0.15) is 0 Å². The van der Waals surface area contributed by atoms with Crippen LogP contribution in [0.4, 0.5) is 0 Å². The molecule has 34 heavy (non-hydrogen) atoms. The molecule has 6 aliphatic rings. The molecule has 0 aromatic carbocycles. The maximum Gasteiger partial charge on any atom is 0.209 e. The quantitative estimate of drug-likeness (QED) is 0.407. The van der Waals surface area contributed by atoms with Gasteiger partial charge in [-0.25, -0.2) is 0 Å². The van der Waals surface area contributed by atoms with E-state index in [0.29, 0.717) is 23.7 Å². The summed E-state index contributed by atoms with van der Waals surface area (Å²) in [5.74, 6) is -0.126. The Morgan fingerprint density at radius 3 is 1.38 bits per heavy atom. The summed E-state index contributed by atoms with van der Waals surface area (Å²) in [6.07, 6.45) is 10.5. The molecular formula is C30H44O4. The second kappa shape index (κ2) is 7.65. The first-order valence-corrected chi connectivity index (χ1v) is 13.4. The van der Waals surface area contributed by atoms with Crippen LogP contribution in [0.1, 0.15) is 93.9 Å². The van der Waals surface area contributed by atoms with Crippen molar-refractivity contribution in [2.45, 2.75) is 117 Å². The molecule has 0 aromatic rings. The Labute approximate surface area is 205 Å². The molecule has 0 radical (unpaired) electrons. The third-order valence-electron chi connectivity index (χ3n) is 10.2. The summed E-state index contributed by atoms with van der Waals surface area (Å²) in [6, 6.07) is 0. The molecule has 0 aromatic heterocycles. The van der Waals surface area contributed by atoms with E-state index in [2.05, 4.69) is 55.4 Å². The van der Waals surface area contributed by atoms with Crippen LogP contribution in [0, 0.1) is 23.7 Å². The van der Waals surface area contributed by atoms with Gasteiger partial charge in [0.15, 0.2) is 0 Å². The smallest absolute Gasteiger partial charge is 0.209 e. The SMILES string of the molecule is CC1=C[C@@]2(O)O[C@@]3(CC2=C(C)C)[C@@H](C)CC[C@@H]13.CC1=C[C@@]2(O)O[C@@]3(CC2=C(C)C)[C@@H](C)CC[C@@H]13. The van der Waals surface area contributed by atoms with E-state index in [1.807, 2.05) is 12.2 Å². The Balaban J connectivity index is 0.000000142. The molecular weight excluding hydrogens is 424 g/mol. The van der Waals surface area contributed by atoms with Crippen LogP contribution >= 0.6 is 0 Å². The molecule has 4 aliphatic heterocycles. The zero-order valence-corrected chi connectivity index (χ0v) is 22.4. The summed E-state index contributed by atoms with van der Waals surface area (Å²) < 4.78 is 12.3. The van der Waals surface area contributed by atoms with Gasteiger partial charge in [0, 0.05) is 24.7 Å². The highest BCUT2D eigenvalue weighted by Gasteiger charge is 2.64. The molecule has 8 atom stereocenters. The highest BCUT2D eigenvalue weighted by molar-refractivity contribution is 5.41. The van der Waals surface area contributed by atoms with Gasteiger partial charge in [0.25, 0.3) is 0 Å². The van der Waals surface area contributed by atoms with Gasteiger partial charge >= 0.3 is 0 Å². The lowest BCUT2D eigenvalue weighted by atomic mass is 9.79. The normalized spacial score (nSPS) is 48.1. The van der Waals surface area contributed by atoms with E-state index in [4.69, 9.17) is 9.47 Å². The maximum absolute atomic E-state index is 10.7. The number of allylic oxidation sites excluding steroid dienone is 2. The minimum absolute atomic E-state index is 0.125. The van der Waals surface area contributed by atoms with Crippen molar-refractivity contribution in [2.75, 3.05) is 0 Å². The number of hydrogen-bond acceptors (Lipinski definition) is 4. The lowest BCUT2D eigenvalue weighted by Crippen LogP contribution is -2.45. The summed E-state index contributed by atoms with van der Waals surface area (Å²) in [7, 11) is 0. The van der Waals surface area contributed by atoms with Gasteiger partial charge in [-0.05, 0) is 102 Å². The van der Waals surface area contributed by atoms with Crippen molar-refractivity contribution >= 4 is 0 Å². The van der Waals surface area contributed by atoms with E-state index in [1.165, 1.54) is 48.0 Å². The van der Waals surface area contributed by atoms with Crippen molar-refractivity contribution in [2.24, 2.45) is 23.7 Å². The Bertz CT molecular complexity index is 942. The Hall–Kier alpha value is -1.20. The topological polar surface area (TPSA) is 58.9 Å². The monoisotopic (exact) mass is 468 g/mol. The van der Waals surface area contributed by atoms with Gasteiger partial charge in [-0.1, -0.05) is 36.1 Å². The van der Waals surface area contributed by atoms with E-state index in [-0.39, 0.29) is 11.2 Å². The van der Waals surface area contributed by atoms with E-state index in [9.17, 15) is 10.2 Å². The first-order chi connectivity index (χ1) is 15.8. The fraction of sp³-hybridized carbons (Fsp3) is 0.733. The number of ether oxygens (including phenoxy) is 2. The second-order valence-corrected chi connectivity index (χ2v) is 12.7. The van der Waals surface area contributed by atoms with Crippen molar-refractivity contribution < 1.29 is 19.7 Å². The second-order valence-electron chi connectivity index (χ2n) is 12.7. The van der Waals surface area contributed by atoms with Crippen LogP contribution in [0.25, 0.3) is 0 Å².